The lowest BCUT2D eigenvalue weighted by molar-refractivity contribution is 0.300. The Hall–Kier alpha value is -0.640. The molecule has 0 spiro atoms. The predicted molar refractivity (Wildman–Crippen MR) is 85.1 cm³/mol. The molecule has 0 amide bonds. The number of benzene rings is 1. The molecule has 0 saturated carbocycles. The van der Waals surface area contributed by atoms with E-state index in [1.54, 1.807) is 30.3 Å². The molecule has 0 fully saturated rings. The van der Waals surface area contributed by atoms with Gasteiger partial charge >= 0.3 is 0 Å². The summed E-state index contributed by atoms with van der Waals surface area (Å²) in [6.07, 6.45) is 0.476. The van der Waals surface area contributed by atoms with E-state index in [1.165, 1.54) is 11.3 Å². The second-order valence-electron chi connectivity index (χ2n) is 3.81. The zero-order chi connectivity index (χ0) is 13.9. The number of hydrogen-bond donors (Lipinski definition) is 2. The van der Waals surface area contributed by atoms with Gasteiger partial charge in [0.15, 0.2) is 0 Å². The second-order valence-corrected chi connectivity index (χ2v) is 8.13. The first-order valence-corrected chi connectivity index (χ1v) is 8.87. The van der Waals surface area contributed by atoms with Gasteiger partial charge in [0.1, 0.15) is 4.21 Å². The van der Waals surface area contributed by atoms with Crippen LogP contribution >= 0.6 is 33.9 Å². The fourth-order valence-electron chi connectivity index (χ4n) is 1.50. The van der Waals surface area contributed by atoms with Crippen molar-refractivity contribution in [1.29, 1.82) is 0 Å². The lowest BCUT2D eigenvalue weighted by Crippen LogP contribution is -2.11. The summed E-state index contributed by atoms with van der Waals surface area (Å²) in [5.74, 6) is 0. The average Bonchev–Trinajstić information content (AvgIpc) is 2.78. The molecular weight excluding hydrogens is 397 g/mol. The summed E-state index contributed by atoms with van der Waals surface area (Å²) in [5, 5.41) is 8.84. The van der Waals surface area contributed by atoms with Crippen LogP contribution in [-0.2, 0) is 16.4 Å². The van der Waals surface area contributed by atoms with Crippen LogP contribution in [0.15, 0.2) is 40.6 Å². The highest BCUT2D eigenvalue weighted by molar-refractivity contribution is 14.1. The van der Waals surface area contributed by atoms with Crippen molar-refractivity contribution >= 4 is 49.6 Å². The van der Waals surface area contributed by atoms with Crippen molar-refractivity contribution in [3.05, 3.63) is 44.8 Å². The number of rotatable bonds is 5. The summed E-state index contributed by atoms with van der Waals surface area (Å²) >= 11 is 3.30. The number of hydrogen-bond acceptors (Lipinski definition) is 4. The van der Waals surface area contributed by atoms with E-state index in [4.69, 9.17) is 5.11 Å². The van der Waals surface area contributed by atoms with Crippen LogP contribution in [-0.4, -0.2) is 20.1 Å². The SMILES string of the molecule is O=S(=O)(Nc1cccc(I)c1)c1ccc(CCO)s1. The molecule has 0 atom stereocenters. The fourth-order valence-corrected chi connectivity index (χ4v) is 4.44. The van der Waals surface area contributed by atoms with Crippen molar-refractivity contribution in [2.45, 2.75) is 10.6 Å². The van der Waals surface area contributed by atoms with Crippen LogP contribution in [0.3, 0.4) is 0 Å². The lowest BCUT2D eigenvalue weighted by atomic mass is 10.3. The van der Waals surface area contributed by atoms with Gasteiger partial charge in [0.25, 0.3) is 10.0 Å². The van der Waals surface area contributed by atoms with Gasteiger partial charge in [-0.15, -0.1) is 11.3 Å². The van der Waals surface area contributed by atoms with Gasteiger partial charge in [-0.3, -0.25) is 4.72 Å². The van der Waals surface area contributed by atoms with E-state index in [2.05, 4.69) is 27.3 Å². The fraction of sp³-hybridized carbons (Fsp3) is 0.167. The third-order valence-electron chi connectivity index (χ3n) is 2.34. The Morgan fingerprint density at radius 2 is 2.05 bits per heavy atom. The quantitative estimate of drug-likeness (QED) is 0.747. The van der Waals surface area contributed by atoms with Gasteiger partial charge in [0, 0.05) is 27.2 Å². The first-order valence-electron chi connectivity index (χ1n) is 5.49. The summed E-state index contributed by atoms with van der Waals surface area (Å²) in [5.41, 5.74) is 0.545. The van der Waals surface area contributed by atoms with Crippen molar-refractivity contribution in [3.63, 3.8) is 0 Å². The van der Waals surface area contributed by atoms with E-state index in [9.17, 15) is 8.42 Å². The molecule has 7 heteroatoms. The van der Waals surface area contributed by atoms with Gasteiger partial charge in [-0.1, -0.05) is 6.07 Å². The van der Waals surface area contributed by atoms with Gasteiger partial charge in [-0.25, -0.2) is 8.42 Å². The van der Waals surface area contributed by atoms with E-state index in [0.29, 0.717) is 12.1 Å². The largest absolute Gasteiger partial charge is 0.396 e. The van der Waals surface area contributed by atoms with E-state index < -0.39 is 10.0 Å². The Balaban J connectivity index is 2.22. The maximum absolute atomic E-state index is 12.2. The van der Waals surface area contributed by atoms with E-state index in [0.717, 1.165) is 8.45 Å². The maximum Gasteiger partial charge on any atom is 0.271 e. The molecule has 0 aliphatic rings. The van der Waals surface area contributed by atoms with Crippen LogP contribution in [0.5, 0.6) is 0 Å². The molecule has 102 valence electrons. The molecule has 4 nitrogen and oxygen atoms in total. The molecule has 1 heterocycles. The topological polar surface area (TPSA) is 66.4 Å². The Bertz CT molecular complexity index is 667. The molecule has 2 N–H and O–H groups in total. The monoisotopic (exact) mass is 409 g/mol. The highest BCUT2D eigenvalue weighted by atomic mass is 127. The van der Waals surface area contributed by atoms with Crippen molar-refractivity contribution in [2.75, 3.05) is 11.3 Å². The predicted octanol–water partition coefficient (Wildman–Crippen LogP) is 2.69. The minimum atomic E-state index is -3.54. The number of anilines is 1. The third-order valence-corrected chi connectivity index (χ3v) is 6.03. The first kappa shape index (κ1) is 14.8. The maximum atomic E-state index is 12.2. The Morgan fingerprint density at radius 3 is 2.74 bits per heavy atom. The van der Waals surface area contributed by atoms with Crippen LogP contribution in [0, 0.1) is 3.57 Å². The van der Waals surface area contributed by atoms with E-state index in [-0.39, 0.29) is 10.8 Å². The number of sulfonamides is 1. The van der Waals surface area contributed by atoms with Crippen LogP contribution < -0.4 is 4.72 Å². The molecule has 19 heavy (non-hydrogen) atoms. The number of halogens is 1. The molecule has 2 rings (SSSR count). The van der Waals surface area contributed by atoms with Crippen LogP contribution in [0.1, 0.15) is 4.88 Å². The molecule has 2 aromatic rings. The number of aliphatic hydroxyl groups excluding tert-OH is 1. The molecule has 0 aliphatic carbocycles. The highest BCUT2D eigenvalue weighted by Crippen LogP contribution is 2.24. The lowest BCUT2D eigenvalue weighted by Gasteiger charge is -2.06. The van der Waals surface area contributed by atoms with Crippen LogP contribution in [0.25, 0.3) is 0 Å². The number of nitrogens with one attached hydrogen (secondary N) is 1. The second kappa shape index (κ2) is 6.21. The Labute approximate surface area is 129 Å². The van der Waals surface area contributed by atoms with Gasteiger partial charge < -0.3 is 5.11 Å². The Morgan fingerprint density at radius 1 is 1.26 bits per heavy atom. The summed E-state index contributed by atoms with van der Waals surface area (Å²) < 4.78 is 28.1. The molecule has 1 aromatic heterocycles. The zero-order valence-electron chi connectivity index (χ0n) is 9.84. The molecule has 0 radical (unpaired) electrons. The van der Waals surface area contributed by atoms with Gasteiger partial charge in [-0.05, 0) is 52.9 Å². The normalized spacial score (nSPS) is 11.5. The summed E-state index contributed by atoms with van der Waals surface area (Å²) in [7, 11) is -3.54. The molecule has 0 aliphatic heterocycles. The van der Waals surface area contributed by atoms with Crippen molar-refractivity contribution in [3.8, 4) is 0 Å². The van der Waals surface area contributed by atoms with Gasteiger partial charge in [0.2, 0.25) is 0 Å². The highest BCUT2D eigenvalue weighted by Gasteiger charge is 2.16. The smallest absolute Gasteiger partial charge is 0.271 e. The summed E-state index contributed by atoms with van der Waals surface area (Å²) in [4.78, 5) is 0.852. The minimum Gasteiger partial charge on any atom is -0.396 e. The van der Waals surface area contributed by atoms with E-state index in [1.807, 2.05) is 6.07 Å². The summed E-state index contributed by atoms with van der Waals surface area (Å²) in [6.45, 7) is 0.0182. The first-order chi connectivity index (χ1) is 9.01. The van der Waals surface area contributed by atoms with Crippen molar-refractivity contribution in [2.24, 2.45) is 0 Å². The number of thiophene rings is 1. The molecule has 0 saturated heterocycles. The van der Waals surface area contributed by atoms with Gasteiger partial charge in [0.05, 0.1) is 0 Å². The molecular formula is C12H12INO3S2. The molecule has 1 aromatic carbocycles. The minimum absolute atomic E-state index is 0.0182. The summed E-state index contributed by atoms with van der Waals surface area (Å²) in [6, 6.07) is 10.5. The van der Waals surface area contributed by atoms with Crippen molar-refractivity contribution < 1.29 is 13.5 Å². The van der Waals surface area contributed by atoms with Crippen LogP contribution in [0.2, 0.25) is 0 Å². The standard InChI is InChI=1S/C12H12INO3S2/c13-9-2-1-3-10(8-9)14-19(16,17)12-5-4-11(18-12)6-7-15/h1-5,8,14-15H,6-7H2. The van der Waals surface area contributed by atoms with Gasteiger partial charge in [-0.2, -0.15) is 0 Å². The third kappa shape index (κ3) is 3.91. The van der Waals surface area contributed by atoms with Crippen LogP contribution in [0.4, 0.5) is 5.69 Å². The average molecular weight is 409 g/mol. The van der Waals surface area contributed by atoms with E-state index >= 15 is 0 Å². The molecule has 0 bridgehead atoms. The van der Waals surface area contributed by atoms with Crippen molar-refractivity contribution in [1.82, 2.24) is 0 Å². The Kier molecular flexibility index (Phi) is 4.82. The molecule has 0 unspecified atom stereocenters. The zero-order valence-corrected chi connectivity index (χ0v) is 13.6. The number of aliphatic hydroxyl groups is 1.